The molecule has 0 saturated heterocycles. The number of hydrogen-bond acceptors (Lipinski definition) is 1. The lowest BCUT2D eigenvalue weighted by Gasteiger charge is -1.90. The second-order valence-electron chi connectivity index (χ2n) is 3.12. The first-order valence-electron chi connectivity index (χ1n) is 4.63. The van der Waals surface area contributed by atoms with Gasteiger partial charge in [-0.15, -0.1) is 0 Å². The first-order chi connectivity index (χ1) is 7.74. The number of benzene rings is 1. The van der Waals surface area contributed by atoms with Gasteiger partial charge in [0.05, 0.1) is 0 Å². The summed E-state index contributed by atoms with van der Waals surface area (Å²) in [6.45, 7) is 0. The normalized spacial score (nSPS) is 9.38. The van der Waals surface area contributed by atoms with Crippen LogP contribution in [-0.2, 0) is 0 Å². The van der Waals surface area contributed by atoms with Crippen LogP contribution in [0.3, 0.4) is 0 Å². The molecule has 0 atom stereocenters. The molecule has 1 aromatic carbocycles. The van der Waals surface area contributed by atoms with Gasteiger partial charge in [-0.25, -0.2) is 9.37 Å². The van der Waals surface area contributed by atoms with Crippen molar-refractivity contribution in [2.24, 2.45) is 0 Å². The molecule has 0 aliphatic rings. The smallest absolute Gasteiger partial charge is 0.214 e. The molecule has 16 heavy (non-hydrogen) atoms. The average Bonchev–Trinajstić information content (AvgIpc) is 2.28. The van der Waals surface area contributed by atoms with E-state index < -0.39 is 5.95 Å². The Morgan fingerprint density at radius 3 is 2.25 bits per heavy atom. The van der Waals surface area contributed by atoms with Crippen LogP contribution in [0.15, 0.2) is 42.6 Å². The SMILES string of the molecule is Fc1ccc(C#Cc2ccnc(F)c2)cc1. The van der Waals surface area contributed by atoms with Crippen molar-refractivity contribution >= 4 is 0 Å². The molecule has 0 N–H and O–H groups in total. The quantitative estimate of drug-likeness (QED) is 0.486. The van der Waals surface area contributed by atoms with E-state index in [4.69, 9.17) is 0 Å². The van der Waals surface area contributed by atoms with Crippen molar-refractivity contribution in [2.75, 3.05) is 0 Å². The third-order valence-electron chi connectivity index (χ3n) is 1.92. The molecule has 2 rings (SSSR count). The van der Waals surface area contributed by atoms with Crippen molar-refractivity contribution in [3.63, 3.8) is 0 Å². The summed E-state index contributed by atoms with van der Waals surface area (Å²) in [5.74, 6) is 4.70. The third kappa shape index (κ3) is 2.64. The molecule has 0 fully saturated rings. The molecule has 1 heterocycles. The van der Waals surface area contributed by atoms with Crippen molar-refractivity contribution < 1.29 is 8.78 Å². The molecule has 1 aromatic heterocycles. The molecule has 0 aliphatic carbocycles. The van der Waals surface area contributed by atoms with Gasteiger partial charge in [0, 0.05) is 23.4 Å². The van der Waals surface area contributed by atoms with Gasteiger partial charge in [0.15, 0.2) is 0 Å². The van der Waals surface area contributed by atoms with Gasteiger partial charge in [-0.1, -0.05) is 11.8 Å². The molecule has 0 spiro atoms. The Morgan fingerprint density at radius 1 is 0.875 bits per heavy atom. The van der Waals surface area contributed by atoms with Crippen LogP contribution in [0.5, 0.6) is 0 Å². The lowest BCUT2D eigenvalue weighted by molar-refractivity contribution is 0.583. The van der Waals surface area contributed by atoms with Gasteiger partial charge >= 0.3 is 0 Å². The minimum Gasteiger partial charge on any atom is -0.228 e. The number of rotatable bonds is 0. The number of nitrogens with zero attached hydrogens (tertiary/aromatic N) is 1. The molecule has 78 valence electrons. The zero-order chi connectivity index (χ0) is 11.4. The van der Waals surface area contributed by atoms with E-state index in [1.165, 1.54) is 24.4 Å². The Hall–Kier alpha value is -2.21. The van der Waals surface area contributed by atoms with E-state index in [2.05, 4.69) is 16.8 Å². The Balaban J connectivity index is 2.25. The highest BCUT2D eigenvalue weighted by molar-refractivity contribution is 5.41. The van der Waals surface area contributed by atoms with E-state index in [-0.39, 0.29) is 5.82 Å². The highest BCUT2D eigenvalue weighted by atomic mass is 19.1. The first-order valence-corrected chi connectivity index (χ1v) is 4.63. The first kappa shape index (κ1) is 10.3. The van der Waals surface area contributed by atoms with Gasteiger partial charge in [-0.3, -0.25) is 0 Å². The van der Waals surface area contributed by atoms with Crippen LogP contribution in [0.2, 0.25) is 0 Å². The second-order valence-corrected chi connectivity index (χ2v) is 3.12. The topological polar surface area (TPSA) is 12.9 Å². The summed E-state index contributed by atoms with van der Waals surface area (Å²) in [6, 6.07) is 8.66. The molecular weight excluding hydrogens is 208 g/mol. The maximum atomic E-state index is 12.7. The van der Waals surface area contributed by atoms with Crippen LogP contribution in [0.1, 0.15) is 11.1 Å². The predicted octanol–water partition coefficient (Wildman–Crippen LogP) is 2.76. The van der Waals surface area contributed by atoms with Crippen LogP contribution in [0, 0.1) is 23.6 Å². The fourth-order valence-electron chi connectivity index (χ4n) is 1.16. The Morgan fingerprint density at radius 2 is 1.56 bits per heavy atom. The van der Waals surface area contributed by atoms with Crippen LogP contribution in [0.4, 0.5) is 8.78 Å². The van der Waals surface area contributed by atoms with Gasteiger partial charge in [0.25, 0.3) is 0 Å². The molecule has 0 unspecified atom stereocenters. The Kier molecular flexibility index (Phi) is 2.93. The fraction of sp³-hybridized carbons (Fsp3) is 0. The number of hydrogen-bond donors (Lipinski definition) is 0. The fourth-order valence-corrected chi connectivity index (χ4v) is 1.16. The van der Waals surface area contributed by atoms with Gasteiger partial charge < -0.3 is 0 Å². The van der Waals surface area contributed by atoms with Crippen molar-refractivity contribution in [3.8, 4) is 11.8 Å². The summed E-state index contributed by atoms with van der Waals surface area (Å²) in [4.78, 5) is 3.42. The van der Waals surface area contributed by atoms with E-state index in [9.17, 15) is 8.78 Å². The molecule has 1 nitrogen and oxygen atoms in total. The lowest BCUT2D eigenvalue weighted by Crippen LogP contribution is -1.82. The molecule has 0 aliphatic heterocycles. The van der Waals surface area contributed by atoms with E-state index >= 15 is 0 Å². The Labute approximate surface area is 91.8 Å². The maximum Gasteiger partial charge on any atom is 0.214 e. The monoisotopic (exact) mass is 215 g/mol. The molecular formula is C13H7F2N. The maximum absolute atomic E-state index is 12.7. The van der Waals surface area contributed by atoms with Crippen LogP contribution in [0.25, 0.3) is 0 Å². The van der Waals surface area contributed by atoms with Gasteiger partial charge in [0.2, 0.25) is 5.95 Å². The van der Waals surface area contributed by atoms with E-state index in [1.54, 1.807) is 18.2 Å². The van der Waals surface area contributed by atoms with Crippen molar-refractivity contribution in [1.29, 1.82) is 0 Å². The van der Waals surface area contributed by atoms with Gasteiger partial charge in [0.1, 0.15) is 5.82 Å². The summed E-state index contributed by atoms with van der Waals surface area (Å²) < 4.78 is 25.3. The highest BCUT2D eigenvalue weighted by Crippen LogP contribution is 2.02. The van der Waals surface area contributed by atoms with Gasteiger partial charge in [-0.2, -0.15) is 4.39 Å². The number of pyridine rings is 1. The minimum absolute atomic E-state index is 0.305. The second kappa shape index (κ2) is 4.54. The molecule has 3 heteroatoms. The van der Waals surface area contributed by atoms with Crippen LogP contribution < -0.4 is 0 Å². The van der Waals surface area contributed by atoms with E-state index in [1.807, 2.05) is 0 Å². The summed E-state index contributed by atoms with van der Waals surface area (Å²) >= 11 is 0. The molecule has 0 amide bonds. The highest BCUT2D eigenvalue weighted by Gasteiger charge is 1.92. The summed E-state index contributed by atoms with van der Waals surface area (Å²) in [5, 5.41) is 0. The Bertz CT molecular complexity index is 550. The lowest BCUT2D eigenvalue weighted by atomic mass is 10.2. The molecule has 2 aromatic rings. The van der Waals surface area contributed by atoms with Crippen molar-refractivity contribution in [2.45, 2.75) is 0 Å². The zero-order valence-electron chi connectivity index (χ0n) is 8.24. The number of aromatic nitrogens is 1. The zero-order valence-corrected chi connectivity index (χ0v) is 8.24. The van der Waals surface area contributed by atoms with E-state index in [0.717, 1.165) is 0 Å². The number of halogens is 2. The average molecular weight is 215 g/mol. The molecule has 0 saturated carbocycles. The van der Waals surface area contributed by atoms with Crippen LogP contribution >= 0.6 is 0 Å². The summed E-state index contributed by atoms with van der Waals surface area (Å²) in [5.41, 5.74) is 1.22. The van der Waals surface area contributed by atoms with Crippen molar-refractivity contribution in [3.05, 3.63) is 65.5 Å². The summed E-state index contributed by atoms with van der Waals surface area (Å²) in [7, 11) is 0. The molecule has 0 bridgehead atoms. The largest absolute Gasteiger partial charge is 0.228 e. The predicted molar refractivity (Wildman–Crippen MR) is 56.6 cm³/mol. The standard InChI is InChI=1S/C13H7F2N/c14-12-5-3-10(4-6-12)1-2-11-7-8-16-13(15)9-11/h3-9H. The third-order valence-corrected chi connectivity index (χ3v) is 1.92. The summed E-state index contributed by atoms with van der Waals surface area (Å²) in [6.07, 6.45) is 1.35. The van der Waals surface area contributed by atoms with E-state index in [0.29, 0.717) is 11.1 Å². The molecule has 0 radical (unpaired) electrons. The van der Waals surface area contributed by atoms with Crippen molar-refractivity contribution in [1.82, 2.24) is 4.98 Å². The van der Waals surface area contributed by atoms with Crippen LogP contribution in [-0.4, -0.2) is 4.98 Å². The van der Waals surface area contributed by atoms with Gasteiger partial charge in [-0.05, 0) is 30.3 Å². The minimum atomic E-state index is -0.564.